The van der Waals surface area contributed by atoms with Crippen LogP contribution in [-0.2, 0) is 16.4 Å². The van der Waals surface area contributed by atoms with Crippen LogP contribution in [0.4, 0.5) is 11.4 Å². The quantitative estimate of drug-likeness (QED) is 0.855. The highest BCUT2D eigenvalue weighted by Gasteiger charge is 2.26. The Kier molecular flexibility index (Phi) is 5.25. The molecule has 0 radical (unpaired) electrons. The molecule has 0 fully saturated rings. The molecular formula is C19H21ClN2O3S. The smallest absolute Gasteiger partial charge is 0.255 e. The molecule has 1 amide bonds. The third-order valence-electron chi connectivity index (χ3n) is 4.63. The van der Waals surface area contributed by atoms with Gasteiger partial charge in [0, 0.05) is 22.8 Å². The zero-order chi connectivity index (χ0) is 18.9. The lowest BCUT2D eigenvalue weighted by Gasteiger charge is -2.30. The van der Waals surface area contributed by atoms with E-state index < -0.39 is 10.0 Å². The van der Waals surface area contributed by atoms with Crippen molar-refractivity contribution < 1.29 is 13.2 Å². The van der Waals surface area contributed by atoms with Crippen molar-refractivity contribution in [1.29, 1.82) is 0 Å². The Morgan fingerprint density at radius 2 is 2.04 bits per heavy atom. The number of hydrogen-bond donors (Lipinski definition) is 1. The van der Waals surface area contributed by atoms with Crippen LogP contribution in [0.1, 0.15) is 34.8 Å². The zero-order valence-corrected chi connectivity index (χ0v) is 16.3. The van der Waals surface area contributed by atoms with Gasteiger partial charge in [-0.1, -0.05) is 17.7 Å². The summed E-state index contributed by atoms with van der Waals surface area (Å²) in [6, 6.07) is 10.5. The van der Waals surface area contributed by atoms with E-state index in [1.54, 1.807) is 43.3 Å². The molecule has 0 bridgehead atoms. The third kappa shape index (κ3) is 3.57. The van der Waals surface area contributed by atoms with Crippen LogP contribution in [0.2, 0.25) is 5.02 Å². The number of aryl methyl sites for hydroxylation is 1. The summed E-state index contributed by atoms with van der Waals surface area (Å²) in [5, 5.41) is 3.46. The first-order valence-electron chi connectivity index (χ1n) is 8.53. The van der Waals surface area contributed by atoms with Crippen molar-refractivity contribution >= 4 is 38.9 Å². The molecule has 2 aromatic carbocycles. The van der Waals surface area contributed by atoms with E-state index in [4.69, 9.17) is 11.6 Å². The Hall–Kier alpha value is -2.05. The maximum atomic E-state index is 12.6. The molecule has 1 aliphatic heterocycles. The summed E-state index contributed by atoms with van der Waals surface area (Å²) < 4.78 is 26.0. The van der Waals surface area contributed by atoms with Crippen LogP contribution in [0.5, 0.6) is 0 Å². The van der Waals surface area contributed by atoms with Crippen molar-refractivity contribution in [3.8, 4) is 0 Å². The monoisotopic (exact) mass is 392 g/mol. The molecule has 3 rings (SSSR count). The number of fused-ring (bicyclic) bond motifs is 1. The van der Waals surface area contributed by atoms with Gasteiger partial charge in [-0.15, -0.1) is 0 Å². The Balaban J connectivity index is 1.89. The number of carbonyl (C=O) groups is 1. The number of halogens is 1. The van der Waals surface area contributed by atoms with Crippen LogP contribution in [0.25, 0.3) is 0 Å². The largest absolute Gasteiger partial charge is 0.322 e. The molecule has 5 nitrogen and oxygen atoms in total. The Morgan fingerprint density at radius 1 is 1.27 bits per heavy atom. The van der Waals surface area contributed by atoms with Gasteiger partial charge in [-0.25, -0.2) is 8.42 Å². The summed E-state index contributed by atoms with van der Waals surface area (Å²) in [6.45, 7) is 3.97. The number of sulfonamides is 1. The summed E-state index contributed by atoms with van der Waals surface area (Å²) >= 11 is 6.10. The lowest BCUT2D eigenvalue weighted by molar-refractivity contribution is 0.102. The number of carbonyl (C=O) groups excluding carboxylic acids is 1. The number of nitrogens with zero attached hydrogens (tertiary/aromatic N) is 1. The second-order valence-electron chi connectivity index (χ2n) is 6.29. The molecule has 1 heterocycles. The molecule has 0 atom stereocenters. The van der Waals surface area contributed by atoms with Crippen LogP contribution in [0, 0.1) is 6.92 Å². The number of benzene rings is 2. The minimum atomic E-state index is -3.31. The van der Waals surface area contributed by atoms with Crippen molar-refractivity contribution in [2.45, 2.75) is 26.7 Å². The fraction of sp³-hybridized carbons (Fsp3) is 0.316. The van der Waals surface area contributed by atoms with Crippen molar-refractivity contribution in [2.24, 2.45) is 0 Å². The highest BCUT2D eigenvalue weighted by atomic mass is 35.5. The Morgan fingerprint density at radius 3 is 2.77 bits per heavy atom. The fourth-order valence-electron chi connectivity index (χ4n) is 3.09. The molecule has 0 saturated carbocycles. The third-order valence-corrected chi connectivity index (χ3v) is 6.82. The van der Waals surface area contributed by atoms with E-state index in [-0.39, 0.29) is 11.7 Å². The maximum Gasteiger partial charge on any atom is 0.255 e. The summed E-state index contributed by atoms with van der Waals surface area (Å²) in [5.41, 5.74) is 3.52. The number of amides is 1. The van der Waals surface area contributed by atoms with E-state index in [0.29, 0.717) is 28.5 Å². The molecule has 0 spiro atoms. The van der Waals surface area contributed by atoms with E-state index in [1.807, 2.05) is 6.92 Å². The Bertz CT molecular complexity index is 957. The molecule has 26 heavy (non-hydrogen) atoms. The number of anilines is 2. The van der Waals surface area contributed by atoms with Gasteiger partial charge in [0.05, 0.1) is 11.4 Å². The minimum absolute atomic E-state index is 0.0583. The average Bonchev–Trinajstić information content (AvgIpc) is 2.64. The van der Waals surface area contributed by atoms with Gasteiger partial charge in [0.2, 0.25) is 10.0 Å². The van der Waals surface area contributed by atoms with Crippen LogP contribution < -0.4 is 9.62 Å². The fourth-order valence-corrected chi connectivity index (χ4v) is 4.46. The van der Waals surface area contributed by atoms with Gasteiger partial charge in [-0.05, 0) is 68.1 Å². The first kappa shape index (κ1) is 18.7. The molecule has 1 N–H and O–H groups in total. The zero-order valence-electron chi connectivity index (χ0n) is 14.8. The number of rotatable bonds is 4. The molecule has 1 aliphatic rings. The van der Waals surface area contributed by atoms with Crippen molar-refractivity contribution in [2.75, 3.05) is 21.9 Å². The van der Waals surface area contributed by atoms with E-state index >= 15 is 0 Å². The van der Waals surface area contributed by atoms with Gasteiger partial charge in [0.25, 0.3) is 5.91 Å². The van der Waals surface area contributed by atoms with Gasteiger partial charge in [0.1, 0.15) is 0 Å². The number of nitrogens with one attached hydrogen (secondary N) is 1. The first-order chi connectivity index (χ1) is 12.3. The maximum absolute atomic E-state index is 12.6. The van der Waals surface area contributed by atoms with Gasteiger partial charge in [0.15, 0.2) is 0 Å². The van der Waals surface area contributed by atoms with Crippen molar-refractivity contribution in [1.82, 2.24) is 0 Å². The molecule has 0 unspecified atom stereocenters. The van der Waals surface area contributed by atoms with Gasteiger partial charge < -0.3 is 5.32 Å². The minimum Gasteiger partial charge on any atom is -0.322 e. The lowest BCUT2D eigenvalue weighted by Crippen LogP contribution is -2.36. The molecule has 2 aromatic rings. The van der Waals surface area contributed by atoms with Gasteiger partial charge in [-0.3, -0.25) is 9.10 Å². The molecular weight excluding hydrogens is 372 g/mol. The summed E-state index contributed by atoms with van der Waals surface area (Å²) in [6.07, 6.45) is 1.49. The molecule has 7 heteroatoms. The normalized spacial score (nSPS) is 14.0. The van der Waals surface area contributed by atoms with Crippen LogP contribution in [0.15, 0.2) is 36.4 Å². The average molecular weight is 393 g/mol. The SMILES string of the molecule is CCS(=O)(=O)N1CCCc2cc(C(=O)Nc3cccc(Cl)c3C)ccc21. The summed E-state index contributed by atoms with van der Waals surface area (Å²) in [4.78, 5) is 12.6. The molecule has 0 aromatic heterocycles. The highest BCUT2D eigenvalue weighted by Crippen LogP contribution is 2.31. The second-order valence-corrected chi connectivity index (χ2v) is 8.88. The lowest BCUT2D eigenvalue weighted by atomic mass is 10.0. The van der Waals surface area contributed by atoms with Crippen molar-refractivity contribution in [3.05, 3.63) is 58.1 Å². The second kappa shape index (κ2) is 7.29. The predicted octanol–water partition coefficient (Wildman–Crippen LogP) is 4.00. The van der Waals surface area contributed by atoms with Crippen LogP contribution in [-0.4, -0.2) is 26.6 Å². The van der Waals surface area contributed by atoms with E-state index in [2.05, 4.69) is 5.32 Å². The van der Waals surface area contributed by atoms with Crippen LogP contribution in [0.3, 0.4) is 0 Å². The van der Waals surface area contributed by atoms with E-state index in [1.165, 1.54) is 4.31 Å². The molecule has 138 valence electrons. The molecule has 0 aliphatic carbocycles. The summed E-state index contributed by atoms with van der Waals surface area (Å²) in [7, 11) is -3.31. The van der Waals surface area contributed by atoms with Gasteiger partial charge >= 0.3 is 0 Å². The van der Waals surface area contributed by atoms with Crippen molar-refractivity contribution in [3.63, 3.8) is 0 Å². The first-order valence-corrected chi connectivity index (χ1v) is 10.5. The van der Waals surface area contributed by atoms with E-state index in [9.17, 15) is 13.2 Å². The van der Waals surface area contributed by atoms with Gasteiger partial charge in [-0.2, -0.15) is 0 Å². The molecule has 0 saturated heterocycles. The van der Waals surface area contributed by atoms with E-state index in [0.717, 1.165) is 24.0 Å². The topological polar surface area (TPSA) is 66.5 Å². The Labute approximate surface area is 159 Å². The van der Waals surface area contributed by atoms with Crippen LogP contribution >= 0.6 is 11.6 Å². The standard InChI is InChI=1S/C19H21ClN2O3S/c1-3-26(24,25)22-11-5-6-14-12-15(9-10-18(14)22)19(23)21-17-8-4-7-16(20)13(17)2/h4,7-10,12H,3,5-6,11H2,1-2H3,(H,21,23). The summed E-state index contributed by atoms with van der Waals surface area (Å²) in [5.74, 6) is -0.184. The predicted molar refractivity (Wildman–Crippen MR) is 106 cm³/mol. The highest BCUT2D eigenvalue weighted by molar-refractivity contribution is 7.92. The number of hydrogen-bond acceptors (Lipinski definition) is 3.